The van der Waals surface area contributed by atoms with Crippen molar-refractivity contribution in [3.05, 3.63) is 52.3 Å². The number of rotatable bonds is 8. The average molecular weight is 449 g/mol. The summed E-state index contributed by atoms with van der Waals surface area (Å²) < 4.78 is 0. The first kappa shape index (κ1) is 23.4. The van der Waals surface area contributed by atoms with Gasteiger partial charge in [-0.2, -0.15) is 0 Å². The predicted octanol–water partition coefficient (Wildman–Crippen LogP) is 1.40. The van der Waals surface area contributed by atoms with Crippen molar-refractivity contribution in [1.82, 2.24) is 24.7 Å². The van der Waals surface area contributed by atoms with Crippen LogP contribution >= 0.6 is 0 Å². The van der Waals surface area contributed by atoms with Crippen LogP contribution in [0.5, 0.6) is 0 Å². The molecule has 7 nitrogen and oxygen atoms in total. The highest BCUT2D eigenvalue weighted by Crippen LogP contribution is 2.12. The molecular weight excluding hydrogens is 412 g/mol. The number of aromatic nitrogens is 2. The van der Waals surface area contributed by atoms with Gasteiger partial charge in [-0.15, -0.1) is 0 Å². The van der Waals surface area contributed by atoms with Gasteiger partial charge in [0, 0.05) is 43.5 Å². The Balaban J connectivity index is 1.41. The molecule has 1 aromatic carbocycles. The molecule has 2 aromatic rings. The number of anilines is 1. The summed E-state index contributed by atoms with van der Waals surface area (Å²) in [6.07, 6.45) is 6.62. The van der Waals surface area contributed by atoms with Crippen LogP contribution in [0.3, 0.4) is 0 Å². The van der Waals surface area contributed by atoms with Crippen molar-refractivity contribution in [2.75, 3.05) is 58.7 Å². The molecule has 1 N–H and O–H groups in total. The van der Waals surface area contributed by atoms with Gasteiger partial charge in [-0.05, 0) is 51.5 Å². The van der Waals surface area contributed by atoms with Gasteiger partial charge in [0.2, 0.25) is 0 Å². The third-order valence-electron chi connectivity index (χ3n) is 6.28. The summed E-state index contributed by atoms with van der Waals surface area (Å²) in [7, 11) is 4.20. The fourth-order valence-corrected chi connectivity index (χ4v) is 4.38. The van der Waals surface area contributed by atoms with E-state index in [4.69, 9.17) is 9.97 Å². The summed E-state index contributed by atoms with van der Waals surface area (Å²) in [5.74, 6) is 2.42. The van der Waals surface area contributed by atoms with E-state index in [1.165, 1.54) is 0 Å². The lowest BCUT2D eigenvalue weighted by Gasteiger charge is -2.34. The van der Waals surface area contributed by atoms with Crippen molar-refractivity contribution < 1.29 is 4.79 Å². The molecule has 0 bridgehead atoms. The van der Waals surface area contributed by atoms with Crippen LogP contribution in [0.4, 0.5) is 5.82 Å². The summed E-state index contributed by atoms with van der Waals surface area (Å²) in [6.45, 7) is 8.00. The Bertz CT molecular complexity index is 1060. The molecule has 2 heterocycles. The number of nitrogens with one attached hydrogen (secondary N) is 1. The number of nitrogens with zero attached hydrogens (tertiary/aromatic N) is 5. The van der Waals surface area contributed by atoms with Crippen molar-refractivity contribution in [3.8, 4) is 0 Å². The predicted molar refractivity (Wildman–Crippen MR) is 133 cm³/mol. The number of fused-ring (bicyclic) bond motifs is 1. The zero-order valence-electron chi connectivity index (χ0n) is 20.1. The Kier molecular flexibility index (Phi) is 7.73. The first-order valence-electron chi connectivity index (χ1n) is 12.0. The average Bonchev–Trinajstić information content (AvgIpc) is 2.82. The molecule has 0 saturated carbocycles. The van der Waals surface area contributed by atoms with Gasteiger partial charge in [0.25, 0.3) is 5.91 Å². The van der Waals surface area contributed by atoms with E-state index in [1.807, 2.05) is 35.2 Å². The molecule has 1 aliphatic carbocycles. The second kappa shape index (κ2) is 10.9. The second-order valence-electron chi connectivity index (χ2n) is 9.39. The Labute approximate surface area is 196 Å². The van der Waals surface area contributed by atoms with E-state index in [2.05, 4.69) is 48.3 Å². The molecule has 1 amide bonds. The number of carbonyl (C=O) groups is 1. The Hall–Kier alpha value is -2.77. The summed E-state index contributed by atoms with van der Waals surface area (Å²) in [6, 6.07) is 9.54. The number of piperazine rings is 1. The van der Waals surface area contributed by atoms with Gasteiger partial charge in [0.15, 0.2) is 0 Å². The van der Waals surface area contributed by atoms with Crippen molar-refractivity contribution in [3.63, 3.8) is 0 Å². The van der Waals surface area contributed by atoms with E-state index < -0.39 is 0 Å². The quantitative estimate of drug-likeness (QED) is 0.616. The molecule has 1 aliphatic heterocycles. The van der Waals surface area contributed by atoms with Crippen LogP contribution in [0.1, 0.15) is 35.9 Å². The van der Waals surface area contributed by atoms with E-state index in [0.717, 1.165) is 79.9 Å². The molecule has 2 aliphatic rings. The lowest BCUT2D eigenvalue weighted by atomic mass is 10.0. The fraction of sp³-hybridized carbons (Fsp3) is 0.500. The minimum absolute atomic E-state index is 0.115. The third kappa shape index (κ3) is 6.18. The van der Waals surface area contributed by atoms with E-state index in [0.29, 0.717) is 12.5 Å². The minimum atomic E-state index is 0.115. The van der Waals surface area contributed by atoms with Crippen LogP contribution in [-0.2, 0) is 6.54 Å². The van der Waals surface area contributed by atoms with E-state index in [-0.39, 0.29) is 5.91 Å². The zero-order chi connectivity index (χ0) is 23.2. The lowest BCUT2D eigenvalue weighted by molar-refractivity contribution is 0.0625. The first-order valence-corrected chi connectivity index (χ1v) is 12.0. The van der Waals surface area contributed by atoms with Gasteiger partial charge in [-0.25, -0.2) is 9.97 Å². The Morgan fingerprint density at radius 3 is 2.61 bits per heavy atom. The largest absolute Gasteiger partial charge is 0.369 e. The maximum atomic E-state index is 12.7. The van der Waals surface area contributed by atoms with E-state index in [1.54, 1.807) is 0 Å². The molecule has 1 unspecified atom stereocenters. The number of hydrogen-bond acceptors (Lipinski definition) is 6. The molecule has 176 valence electrons. The molecule has 1 atom stereocenters. The van der Waals surface area contributed by atoms with Crippen LogP contribution in [0.2, 0.25) is 0 Å². The van der Waals surface area contributed by atoms with Gasteiger partial charge in [-0.1, -0.05) is 37.3 Å². The zero-order valence-corrected chi connectivity index (χ0v) is 20.1. The number of benzene rings is 1. The molecule has 4 rings (SSSR count). The molecule has 1 fully saturated rings. The number of carbonyl (C=O) groups excluding carboxylic acids is 1. The first-order chi connectivity index (χ1) is 16.0. The molecule has 7 heteroatoms. The number of amides is 1. The second-order valence-corrected chi connectivity index (χ2v) is 9.39. The standard InChI is InChI=1S/C26H36N6O/c1-20-10-11-23-22(18-20)25(27-12-7-13-30(2)3)29-24(28-23)19-31-14-16-32(17-15-31)26(33)21-8-5-4-6-9-21/h4-6,8-9,11,18,20H,7,10,12-17,19H2,1-3H3,(H,27,28,29). The monoisotopic (exact) mass is 448 g/mol. The fourth-order valence-electron chi connectivity index (χ4n) is 4.38. The Morgan fingerprint density at radius 2 is 1.88 bits per heavy atom. The van der Waals surface area contributed by atoms with Crippen molar-refractivity contribution in [1.29, 1.82) is 0 Å². The highest BCUT2D eigenvalue weighted by atomic mass is 16.2. The summed E-state index contributed by atoms with van der Waals surface area (Å²) in [5.41, 5.74) is 0.759. The van der Waals surface area contributed by atoms with Crippen LogP contribution in [0.25, 0.3) is 12.2 Å². The van der Waals surface area contributed by atoms with Crippen LogP contribution in [-0.4, -0.2) is 83.9 Å². The van der Waals surface area contributed by atoms with Crippen LogP contribution in [0, 0.1) is 5.92 Å². The molecule has 33 heavy (non-hydrogen) atoms. The van der Waals surface area contributed by atoms with Gasteiger partial charge in [-0.3, -0.25) is 9.69 Å². The molecule has 0 spiro atoms. The van der Waals surface area contributed by atoms with Crippen LogP contribution < -0.4 is 15.9 Å². The van der Waals surface area contributed by atoms with Gasteiger partial charge in [0.05, 0.1) is 11.9 Å². The summed E-state index contributed by atoms with van der Waals surface area (Å²) in [5, 5.41) is 5.75. The molecule has 1 saturated heterocycles. The molecule has 0 radical (unpaired) electrons. The van der Waals surface area contributed by atoms with Gasteiger partial charge >= 0.3 is 0 Å². The van der Waals surface area contributed by atoms with E-state index in [9.17, 15) is 4.79 Å². The highest BCUT2D eigenvalue weighted by Gasteiger charge is 2.23. The van der Waals surface area contributed by atoms with Gasteiger partial charge < -0.3 is 15.1 Å². The smallest absolute Gasteiger partial charge is 0.253 e. The highest BCUT2D eigenvalue weighted by molar-refractivity contribution is 5.94. The van der Waals surface area contributed by atoms with Crippen molar-refractivity contribution in [2.24, 2.45) is 5.92 Å². The lowest BCUT2D eigenvalue weighted by Crippen LogP contribution is -2.48. The Morgan fingerprint density at radius 1 is 1.12 bits per heavy atom. The van der Waals surface area contributed by atoms with Crippen molar-refractivity contribution >= 4 is 23.9 Å². The third-order valence-corrected chi connectivity index (χ3v) is 6.28. The van der Waals surface area contributed by atoms with Crippen molar-refractivity contribution in [2.45, 2.75) is 26.3 Å². The minimum Gasteiger partial charge on any atom is -0.369 e. The van der Waals surface area contributed by atoms with Crippen LogP contribution in [0.15, 0.2) is 30.3 Å². The van der Waals surface area contributed by atoms with E-state index >= 15 is 0 Å². The maximum Gasteiger partial charge on any atom is 0.253 e. The van der Waals surface area contributed by atoms with Gasteiger partial charge in [0.1, 0.15) is 11.6 Å². The topological polar surface area (TPSA) is 64.6 Å². The normalized spacial score (nSPS) is 18.4. The summed E-state index contributed by atoms with van der Waals surface area (Å²) in [4.78, 5) is 29.0. The molecule has 1 aromatic heterocycles. The number of hydrogen-bond donors (Lipinski definition) is 1. The molecular formula is C26H36N6O. The maximum absolute atomic E-state index is 12.7. The SMILES string of the molecule is CC1C=c2c(NCCCN(C)C)nc(CN3CCN(C(=O)c4ccccc4)CC3)nc2=CC1. The summed E-state index contributed by atoms with van der Waals surface area (Å²) >= 11 is 0.